The lowest BCUT2D eigenvalue weighted by Crippen LogP contribution is -2.39. The van der Waals surface area contributed by atoms with Crippen LogP contribution in [0.25, 0.3) is 11.2 Å². The van der Waals surface area contributed by atoms with E-state index >= 15 is 0 Å². The van der Waals surface area contributed by atoms with Crippen LogP contribution >= 0.6 is 0 Å². The maximum Gasteiger partial charge on any atom is 0.167 e. The number of hydrogen-bond acceptors (Lipinski definition) is 9. The number of aliphatic hydroxyl groups excluding tert-OH is 1. The van der Waals surface area contributed by atoms with E-state index in [0.29, 0.717) is 30.1 Å². The molecule has 142 valence electrons. The maximum atomic E-state index is 9.15. The van der Waals surface area contributed by atoms with E-state index in [-0.39, 0.29) is 24.9 Å². The summed E-state index contributed by atoms with van der Waals surface area (Å²) in [6.45, 7) is 5.05. The van der Waals surface area contributed by atoms with Crippen LogP contribution in [0.2, 0.25) is 0 Å². The Morgan fingerprint density at radius 1 is 1.27 bits per heavy atom. The highest BCUT2D eigenvalue weighted by molar-refractivity contribution is 5.81. The predicted molar refractivity (Wildman–Crippen MR) is 92.1 cm³/mol. The molecular weight excluding hydrogens is 340 g/mol. The standard InChI is InChI=1S/C16H24N6O4/c1-16(2)25-11-9(6-21(3)4-5-23)24-15(12(11)26-16)22-8-20-10-13(17)18-7-19-14(10)22/h7-9,11-12,15,23H,4-6H2,1-3H3,(H2,17,18,19)/t9-,11+,12?,15-/m1/s1. The molecule has 0 aliphatic carbocycles. The fourth-order valence-corrected chi connectivity index (χ4v) is 3.66. The van der Waals surface area contributed by atoms with Crippen molar-refractivity contribution in [3.8, 4) is 0 Å². The van der Waals surface area contributed by atoms with E-state index in [9.17, 15) is 0 Å². The average molecular weight is 364 g/mol. The van der Waals surface area contributed by atoms with Gasteiger partial charge in [-0.3, -0.25) is 4.57 Å². The molecule has 2 saturated heterocycles. The minimum atomic E-state index is -0.699. The monoisotopic (exact) mass is 364 g/mol. The van der Waals surface area contributed by atoms with E-state index in [0.717, 1.165) is 0 Å². The Bertz CT molecular complexity index is 796. The molecule has 2 fully saturated rings. The van der Waals surface area contributed by atoms with E-state index in [4.69, 9.17) is 25.1 Å². The third-order valence-corrected chi connectivity index (χ3v) is 4.76. The number of hydrogen-bond donors (Lipinski definition) is 2. The molecule has 3 N–H and O–H groups in total. The summed E-state index contributed by atoms with van der Waals surface area (Å²) in [5, 5.41) is 9.15. The minimum Gasteiger partial charge on any atom is -0.395 e. The van der Waals surface area contributed by atoms with Crippen LogP contribution in [-0.4, -0.2) is 80.4 Å². The van der Waals surface area contributed by atoms with Gasteiger partial charge >= 0.3 is 0 Å². The Balaban J connectivity index is 1.66. The van der Waals surface area contributed by atoms with Gasteiger partial charge in [0.05, 0.1) is 12.9 Å². The highest BCUT2D eigenvalue weighted by atomic mass is 16.8. The number of aromatic nitrogens is 4. The second-order valence-corrected chi connectivity index (χ2v) is 7.20. The van der Waals surface area contributed by atoms with Gasteiger partial charge in [-0.15, -0.1) is 0 Å². The zero-order chi connectivity index (χ0) is 18.5. The Morgan fingerprint density at radius 2 is 2.04 bits per heavy atom. The van der Waals surface area contributed by atoms with Crippen molar-refractivity contribution in [3.63, 3.8) is 0 Å². The molecule has 10 nitrogen and oxygen atoms in total. The lowest BCUT2D eigenvalue weighted by Gasteiger charge is -2.26. The van der Waals surface area contributed by atoms with E-state index in [1.54, 1.807) is 6.33 Å². The van der Waals surface area contributed by atoms with Crippen molar-refractivity contribution in [2.75, 3.05) is 32.5 Å². The van der Waals surface area contributed by atoms with Crippen molar-refractivity contribution in [1.82, 2.24) is 24.4 Å². The molecule has 26 heavy (non-hydrogen) atoms. The zero-order valence-corrected chi connectivity index (χ0v) is 15.1. The first-order valence-electron chi connectivity index (χ1n) is 8.63. The number of likely N-dealkylation sites (N-methyl/N-ethyl adjacent to an activating group) is 1. The summed E-state index contributed by atoms with van der Waals surface area (Å²) in [5.74, 6) is -0.373. The summed E-state index contributed by atoms with van der Waals surface area (Å²) >= 11 is 0. The van der Waals surface area contributed by atoms with E-state index < -0.39 is 12.0 Å². The SMILES string of the molecule is CN(CCO)C[C@H]1O[C@@H](n2cnc3c(N)ncnc32)C2OC(C)(C)O[C@H]21. The Hall–Kier alpha value is -1.85. The number of rotatable bonds is 5. The van der Waals surface area contributed by atoms with E-state index in [2.05, 4.69) is 15.0 Å². The summed E-state index contributed by atoms with van der Waals surface area (Å²) in [5.41, 5.74) is 7.02. The Morgan fingerprint density at radius 3 is 2.81 bits per heavy atom. The summed E-state index contributed by atoms with van der Waals surface area (Å²) in [6, 6.07) is 0. The summed E-state index contributed by atoms with van der Waals surface area (Å²) in [6.07, 6.45) is 1.88. The zero-order valence-electron chi connectivity index (χ0n) is 15.1. The Kier molecular flexibility index (Phi) is 4.32. The van der Waals surface area contributed by atoms with Crippen LogP contribution in [0, 0.1) is 0 Å². The molecule has 0 bridgehead atoms. The van der Waals surface area contributed by atoms with Gasteiger partial charge in [0.25, 0.3) is 0 Å². The van der Waals surface area contributed by atoms with Crippen LogP contribution in [0.3, 0.4) is 0 Å². The molecule has 0 aromatic carbocycles. The fourth-order valence-electron chi connectivity index (χ4n) is 3.66. The van der Waals surface area contributed by atoms with Crippen LogP contribution in [0.15, 0.2) is 12.7 Å². The van der Waals surface area contributed by atoms with Gasteiger partial charge < -0.3 is 30.0 Å². The number of nitrogens with two attached hydrogens (primary N) is 1. The minimum absolute atomic E-state index is 0.0892. The van der Waals surface area contributed by atoms with Gasteiger partial charge in [-0.05, 0) is 20.9 Å². The normalized spacial score (nSPS) is 30.3. The van der Waals surface area contributed by atoms with Crippen molar-refractivity contribution in [2.45, 2.75) is 44.2 Å². The molecule has 2 aromatic rings. The maximum absolute atomic E-state index is 9.15. The topological polar surface area (TPSA) is 121 Å². The van der Waals surface area contributed by atoms with Gasteiger partial charge in [-0.25, -0.2) is 15.0 Å². The van der Waals surface area contributed by atoms with Crippen molar-refractivity contribution < 1.29 is 19.3 Å². The number of fused-ring (bicyclic) bond motifs is 2. The second-order valence-electron chi connectivity index (χ2n) is 7.20. The quantitative estimate of drug-likeness (QED) is 0.739. The van der Waals surface area contributed by atoms with Gasteiger partial charge in [0.1, 0.15) is 30.2 Å². The molecule has 1 unspecified atom stereocenters. The molecule has 10 heteroatoms. The lowest BCUT2D eigenvalue weighted by atomic mass is 10.1. The molecule has 4 atom stereocenters. The highest BCUT2D eigenvalue weighted by Crippen LogP contribution is 2.43. The molecule has 4 rings (SSSR count). The number of anilines is 1. The number of nitrogen functional groups attached to an aromatic ring is 1. The number of imidazole rings is 1. The molecular formula is C16H24N6O4. The smallest absolute Gasteiger partial charge is 0.167 e. The van der Waals surface area contributed by atoms with Crippen LogP contribution in [0.5, 0.6) is 0 Å². The van der Waals surface area contributed by atoms with Gasteiger partial charge in [0.15, 0.2) is 23.5 Å². The van der Waals surface area contributed by atoms with Gasteiger partial charge in [0, 0.05) is 13.1 Å². The number of nitrogens with zero attached hydrogens (tertiary/aromatic N) is 5. The van der Waals surface area contributed by atoms with Crippen LogP contribution < -0.4 is 5.73 Å². The van der Waals surface area contributed by atoms with Crippen LogP contribution in [0.4, 0.5) is 5.82 Å². The molecule has 0 amide bonds. The molecule has 0 saturated carbocycles. The molecule has 2 aromatic heterocycles. The van der Waals surface area contributed by atoms with Gasteiger partial charge in [0.2, 0.25) is 0 Å². The average Bonchev–Trinajstić information content (AvgIpc) is 3.21. The third-order valence-electron chi connectivity index (χ3n) is 4.76. The summed E-state index contributed by atoms with van der Waals surface area (Å²) < 4.78 is 20.3. The predicted octanol–water partition coefficient (Wildman–Crippen LogP) is -0.250. The van der Waals surface area contributed by atoms with Crippen LogP contribution in [0.1, 0.15) is 20.1 Å². The largest absolute Gasteiger partial charge is 0.395 e. The molecule has 0 spiro atoms. The van der Waals surface area contributed by atoms with Gasteiger partial charge in [-0.1, -0.05) is 0 Å². The molecule has 4 heterocycles. The van der Waals surface area contributed by atoms with Crippen molar-refractivity contribution in [3.05, 3.63) is 12.7 Å². The fraction of sp³-hybridized carbons (Fsp3) is 0.688. The van der Waals surface area contributed by atoms with E-state index in [1.165, 1.54) is 6.33 Å². The number of aliphatic hydroxyl groups is 1. The van der Waals surface area contributed by atoms with E-state index in [1.807, 2.05) is 30.4 Å². The van der Waals surface area contributed by atoms with Crippen LogP contribution in [-0.2, 0) is 14.2 Å². The Labute approximate surface area is 150 Å². The highest BCUT2D eigenvalue weighted by Gasteiger charge is 2.56. The first-order chi connectivity index (χ1) is 12.4. The molecule has 2 aliphatic heterocycles. The lowest BCUT2D eigenvalue weighted by molar-refractivity contribution is -0.197. The first kappa shape index (κ1) is 17.6. The van der Waals surface area contributed by atoms with Crippen molar-refractivity contribution in [2.24, 2.45) is 0 Å². The summed E-state index contributed by atoms with van der Waals surface area (Å²) in [7, 11) is 1.93. The number of ether oxygens (including phenoxy) is 3. The van der Waals surface area contributed by atoms with Gasteiger partial charge in [-0.2, -0.15) is 0 Å². The van der Waals surface area contributed by atoms with Crippen molar-refractivity contribution in [1.29, 1.82) is 0 Å². The first-order valence-corrected chi connectivity index (χ1v) is 8.63. The van der Waals surface area contributed by atoms with Crippen molar-refractivity contribution >= 4 is 17.0 Å². The second kappa shape index (κ2) is 6.39. The molecule has 2 aliphatic rings. The third kappa shape index (κ3) is 2.93. The molecule has 0 radical (unpaired) electrons. The summed E-state index contributed by atoms with van der Waals surface area (Å²) in [4.78, 5) is 14.6.